The van der Waals surface area contributed by atoms with Gasteiger partial charge in [-0.25, -0.2) is 0 Å². The Morgan fingerprint density at radius 2 is 2.15 bits per heavy atom. The number of carbonyl (C=O) groups excluding carboxylic acids is 1. The maximum absolute atomic E-state index is 11.5. The average molecular weight is 280 g/mol. The summed E-state index contributed by atoms with van der Waals surface area (Å²) in [5.41, 5.74) is 0.918. The minimum Gasteiger partial charge on any atom is -0.454 e. The molecule has 0 unspecified atom stereocenters. The van der Waals surface area contributed by atoms with Crippen LogP contribution >= 0.6 is 0 Å². The molecule has 1 aromatic rings. The van der Waals surface area contributed by atoms with E-state index in [1.807, 2.05) is 18.2 Å². The van der Waals surface area contributed by atoms with Crippen LogP contribution in [0.5, 0.6) is 11.5 Å². The lowest BCUT2D eigenvalue weighted by atomic mass is 10.2. The predicted octanol–water partition coefficient (Wildman–Crippen LogP) is 1.37. The van der Waals surface area contributed by atoms with Crippen LogP contribution in [-0.2, 0) is 9.53 Å². The zero-order valence-corrected chi connectivity index (χ0v) is 11.6. The molecule has 1 aromatic carbocycles. The summed E-state index contributed by atoms with van der Waals surface area (Å²) in [6.07, 6.45) is 1.26. The number of benzene rings is 1. The summed E-state index contributed by atoms with van der Waals surface area (Å²) in [6, 6.07) is 5.64. The first-order chi connectivity index (χ1) is 9.79. The summed E-state index contributed by atoms with van der Waals surface area (Å²) < 4.78 is 15.4. The highest BCUT2D eigenvalue weighted by atomic mass is 16.7. The van der Waals surface area contributed by atoms with Crippen LogP contribution in [0.25, 0.3) is 0 Å². The van der Waals surface area contributed by atoms with Crippen LogP contribution in [-0.4, -0.2) is 39.5 Å². The predicted molar refractivity (Wildman–Crippen MR) is 75.2 cm³/mol. The first-order valence-corrected chi connectivity index (χ1v) is 6.69. The SMILES string of the molecule is COCCCNC(=O)CCNc1ccc2c(c1)OCO2. The van der Waals surface area contributed by atoms with E-state index in [0.29, 0.717) is 26.1 Å². The van der Waals surface area contributed by atoms with Gasteiger partial charge in [0.2, 0.25) is 12.7 Å². The van der Waals surface area contributed by atoms with Crippen molar-refractivity contribution in [2.24, 2.45) is 0 Å². The Morgan fingerprint density at radius 3 is 3.00 bits per heavy atom. The van der Waals surface area contributed by atoms with E-state index >= 15 is 0 Å². The molecule has 0 aromatic heterocycles. The number of nitrogens with one attached hydrogen (secondary N) is 2. The molecule has 20 heavy (non-hydrogen) atoms. The second-order valence-corrected chi connectivity index (χ2v) is 4.44. The van der Waals surface area contributed by atoms with Crippen molar-refractivity contribution in [1.82, 2.24) is 5.32 Å². The van der Waals surface area contributed by atoms with E-state index in [0.717, 1.165) is 23.6 Å². The first-order valence-electron chi connectivity index (χ1n) is 6.69. The van der Waals surface area contributed by atoms with E-state index in [1.165, 1.54) is 0 Å². The lowest BCUT2D eigenvalue weighted by Gasteiger charge is -2.08. The van der Waals surface area contributed by atoms with Crippen molar-refractivity contribution >= 4 is 11.6 Å². The molecular formula is C14H20N2O4. The zero-order chi connectivity index (χ0) is 14.2. The van der Waals surface area contributed by atoms with Gasteiger partial charge in [0, 0.05) is 45.0 Å². The van der Waals surface area contributed by atoms with E-state index in [4.69, 9.17) is 14.2 Å². The van der Waals surface area contributed by atoms with E-state index in [1.54, 1.807) is 7.11 Å². The van der Waals surface area contributed by atoms with E-state index in [9.17, 15) is 4.79 Å². The lowest BCUT2D eigenvalue weighted by Crippen LogP contribution is -2.26. The molecule has 0 saturated carbocycles. The van der Waals surface area contributed by atoms with Crippen molar-refractivity contribution in [3.8, 4) is 11.5 Å². The summed E-state index contributed by atoms with van der Waals surface area (Å²) in [4.78, 5) is 11.5. The second-order valence-electron chi connectivity index (χ2n) is 4.44. The molecule has 6 heteroatoms. The van der Waals surface area contributed by atoms with Crippen molar-refractivity contribution in [2.45, 2.75) is 12.8 Å². The van der Waals surface area contributed by atoms with Gasteiger partial charge >= 0.3 is 0 Å². The molecule has 2 rings (SSSR count). The fraction of sp³-hybridized carbons (Fsp3) is 0.500. The number of hydrogen-bond donors (Lipinski definition) is 2. The molecule has 110 valence electrons. The topological polar surface area (TPSA) is 68.8 Å². The van der Waals surface area contributed by atoms with E-state index in [-0.39, 0.29) is 12.7 Å². The molecular weight excluding hydrogens is 260 g/mol. The van der Waals surface area contributed by atoms with Crippen molar-refractivity contribution in [1.29, 1.82) is 0 Å². The fourth-order valence-electron chi connectivity index (χ4n) is 1.86. The maximum atomic E-state index is 11.5. The van der Waals surface area contributed by atoms with Crippen LogP contribution in [0.1, 0.15) is 12.8 Å². The van der Waals surface area contributed by atoms with Crippen LogP contribution in [0.15, 0.2) is 18.2 Å². The zero-order valence-electron chi connectivity index (χ0n) is 11.6. The molecule has 0 saturated heterocycles. The normalized spacial score (nSPS) is 12.2. The second kappa shape index (κ2) is 7.59. The van der Waals surface area contributed by atoms with Gasteiger partial charge in [0.25, 0.3) is 0 Å². The summed E-state index contributed by atoms with van der Waals surface area (Å²) in [5.74, 6) is 1.53. The molecule has 0 spiro atoms. The number of ether oxygens (including phenoxy) is 3. The molecule has 0 atom stereocenters. The smallest absolute Gasteiger partial charge is 0.231 e. The Balaban J connectivity index is 1.64. The van der Waals surface area contributed by atoms with Gasteiger partial charge in [-0.2, -0.15) is 0 Å². The third kappa shape index (κ3) is 4.31. The highest BCUT2D eigenvalue weighted by Crippen LogP contribution is 2.34. The molecule has 0 bridgehead atoms. The van der Waals surface area contributed by atoms with Gasteiger partial charge in [-0.3, -0.25) is 4.79 Å². The molecule has 1 aliphatic rings. The summed E-state index contributed by atoms with van der Waals surface area (Å²) in [6.45, 7) is 2.16. The highest BCUT2D eigenvalue weighted by Gasteiger charge is 2.12. The van der Waals surface area contributed by atoms with Gasteiger partial charge < -0.3 is 24.8 Å². The minimum absolute atomic E-state index is 0.0364. The number of carbonyl (C=O) groups is 1. The number of fused-ring (bicyclic) bond motifs is 1. The third-order valence-electron chi connectivity index (χ3n) is 2.90. The highest BCUT2D eigenvalue weighted by molar-refractivity contribution is 5.76. The van der Waals surface area contributed by atoms with Crippen LogP contribution < -0.4 is 20.1 Å². The van der Waals surface area contributed by atoms with Gasteiger partial charge in [0.15, 0.2) is 11.5 Å². The quantitative estimate of drug-likeness (QED) is 0.704. The molecule has 6 nitrogen and oxygen atoms in total. The van der Waals surface area contributed by atoms with E-state index < -0.39 is 0 Å². The van der Waals surface area contributed by atoms with Crippen molar-refractivity contribution in [3.63, 3.8) is 0 Å². The number of hydrogen-bond acceptors (Lipinski definition) is 5. The van der Waals surface area contributed by atoms with Gasteiger partial charge in [0.1, 0.15) is 0 Å². The fourth-order valence-corrected chi connectivity index (χ4v) is 1.86. The monoisotopic (exact) mass is 280 g/mol. The van der Waals surface area contributed by atoms with Crippen molar-refractivity contribution < 1.29 is 19.0 Å². The molecule has 1 amide bonds. The largest absolute Gasteiger partial charge is 0.454 e. The molecule has 0 aliphatic carbocycles. The molecule has 1 aliphatic heterocycles. The molecule has 1 heterocycles. The number of anilines is 1. The maximum Gasteiger partial charge on any atom is 0.231 e. The first kappa shape index (κ1) is 14.5. The van der Waals surface area contributed by atoms with Crippen LogP contribution in [0.2, 0.25) is 0 Å². The molecule has 0 fully saturated rings. The van der Waals surface area contributed by atoms with Crippen LogP contribution in [0.4, 0.5) is 5.69 Å². The Hall–Kier alpha value is -1.95. The molecule has 0 radical (unpaired) electrons. The van der Waals surface area contributed by atoms with Crippen molar-refractivity contribution in [2.75, 3.05) is 38.9 Å². The number of amides is 1. The van der Waals surface area contributed by atoms with E-state index in [2.05, 4.69) is 10.6 Å². The Bertz CT molecular complexity index is 451. The number of rotatable bonds is 8. The minimum atomic E-state index is 0.0364. The van der Waals surface area contributed by atoms with Crippen molar-refractivity contribution in [3.05, 3.63) is 18.2 Å². The van der Waals surface area contributed by atoms with Crippen LogP contribution in [0.3, 0.4) is 0 Å². The standard InChI is InChI=1S/C14H20N2O4/c1-18-8-2-6-16-14(17)5-7-15-11-3-4-12-13(9-11)20-10-19-12/h3-4,9,15H,2,5-8,10H2,1H3,(H,16,17). The Morgan fingerprint density at radius 1 is 1.30 bits per heavy atom. The molecule has 2 N–H and O–H groups in total. The van der Waals surface area contributed by atoms with Crippen LogP contribution in [0, 0.1) is 0 Å². The number of methoxy groups -OCH3 is 1. The van der Waals surface area contributed by atoms with Gasteiger partial charge in [-0.1, -0.05) is 0 Å². The Labute approximate surface area is 118 Å². The average Bonchev–Trinajstić information content (AvgIpc) is 2.91. The van der Waals surface area contributed by atoms with Gasteiger partial charge in [-0.05, 0) is 18.6 Å². The van der Waals surface area contributed by atoms with Gasteiger partial charge in [0.05, 0.1) is 0 Å². The summed E-state index contributed by atoms with van der Waals surface area (Å²) in [5, 5.41) is 6.03. The summed E-state index contributed by atoms with van der Waals surface area (Å²) in [7, 11) is 1.65. The Kier molecular flexibility index (Phi) is 5.49. The third-order valence-corrected chi connectivity index (χ3v) is 2.90. The summed E-state index contributed by atoms with van der Waals surface area (Å²) >= 11 is 0. The van der Waals surface area contributed by atoms with Gasteiger partial charge in [-0.15, -0.1) is 0 Å². The lowest BCUT2D eigenvalue weighted by molar-refractivity contribution is -0.120.